The molecule has 0 amide bonds. The van der Waals surface area contributed by atoms with E-state index in [0.29, 0.717) is 5.89 Å². The highest BCUT2D eigenvalue weighted by Crippen LogP contribution is 2.47. The van der Waals surface area contributed by atoms with E-state index >= 15 is 0 Å². The highest BCUT2D eigenvalue weighted by Gasteiger charge is 2.45. The molecule has 0 radical (unpaired) electrons. The molecule has 9 rings (SSSR count). The summed E-state index contributed by atoms with van der Waals surface area (Å²) in [6.07, 6.45) is 0. The molecule has 0 fully saturated rings. The largest absolute Gasteiger partial charge is 0.436 e. The SMILES string of the molecule is CC(C)(C)c1ccc(-c2nc3cc4c(cc3o2)B2c3cc(C(C)(C)C)ccc3N(c3ccc(C(C)(C)C)cc3)c3cc(C(C)(C)C)cc(c32)N4c2ccc(C(C)(C)C)cc2)cc1. The molecular weight excluding hydrogens is 753 g/mol. The van der Waals surface area contributed by atoms with Crippen molar-refractivity contribution in [2.24, 2.45) is 0 Å². The van der Waals surface area contributed by atoms with Crippen LogP contribution in [-0.2, 0) is 27.1 Å². The second-order valence-electron chi connectivity index (χ2n) is 23.1. The van der Waals surface area contributed by atoms with Gasteiger partial charge in [0.05, 0.1) is 0 Å². The molecule has 5 heteroatoms. The van der Waals surface area contributed by atoms with E-state index in [9.17, 15) is 0 Å². The van der Waals surface area contributed by atoms with Crippen LogP contribution >= 0.6 is 0 Å². The third kappa shape index (κ3) is 7.16. The summed E-state index contributed by atoms with van der Waals surface area (Å²) in [5.74, 6) is 0.640. The molecule has 316 valence electrons. The van der Waals surface area contributed by atoms with E-state index in [2.05, 4.69) is 229 Å². The maximum atomic E-state index is 6.79. The zero-order valence-corrected chi connectivity index (χ0v) is 39.8. The molecule has 1 aromatic heterocycles. The second-order valence-corrected chi connectivity index (χ2v) is 23.1. The van der Waals surface area contributed by atoms with Crippen LogP contribution in [0.2, 0.25) is 0 Å². The molecule has 62 heavy (non-hydrogen) atoms. The number of hydrogen-bond donors (Lipinski definition) is 0. The highest BCUT2D eigenvalue weighted by atomic mass is 16.3. The molecule has 0 N–H and O–H groups in total. The molecule has 0 saturated carbocycles. The van der Waals surface area contributed by atoms with Gasteiger partial charge in [0.15, 0.2) is 5.58 Å². The smallest absolute Gasteiger partial charge is 0.252 e. The lowest BCUT2D eigenvalue weighted by Crippen LogP contribution is -2.61. The maximum absolute atomic E-state index is 6.79. The van der Waals surface area contributed by atoms with E-state index in [-0.39, 0.29) is 33.8 Å². The molecule has 0 spiro atoms. The van der Waals surface area contributed by atoms with Gasteiger partial charge in [-0.15, -0.1) is 0 Å². The summed E-state index contributed by atoms with van der Waals surface area (Å²) in [4.78, 5) is 10.3. The van der Waals surface area contributed by atoms with Crippen molar-refractivity contribution in [1.82, 2.24) is 4.98 Å². The Morgan fingerprint density at radius 1 is 0.403 bits per heavy atom. The van der Waals surface area contributed by atoms with Gasteiger partial charge >= 0.3 is 0 Å². The summed E-state index contributed by atoms with van der Waals surface area (Å²) >= 11 is 0. The first-order valence-corrected chi connectivity index (χ1v) is 22.6. The van der Waals surface area contributed by atoms with Crippen LogP contribution in [0.5, 0.6) is 0 Å². The first kappa shape index (κ1) is 41.8. The molecule has 0 bridgehead atoms. The number of aromatic nitrogens is 1. The van der Waals surface area contributed by atoms with Crippen molar-refractivity contribution in [3.63, 3.8) is 0 Å². The molecule has 4 nitrogen and oxygen atoms in total. The number of fused-ring (bicyclic) bond motifs is 5. The van der Waals surface area contributed by atoms with Crippen molar-refractivity contribution in [1.29, 1.82) is 0 Å². The minimum Gasteiger partial charge on any atom is -0.436 e. The predicted octanol–water partition coefficient (Wildman–Crippen LogP) is 14.1. The Hall–Kier alpha value is -5.55. The monoisotopic (exact) mass is 818 g/mol. The van der Waals surface area contributed by atoms with E-state index in [4.69, 9.17) is 9.40 Å². The van der Waals surface area contributed by atoms with Crippen LogP contribution in [0.4, 0.5) is 34.1 Å². The number of rotatable bonds is 3. The molecule has 0 unspecified atom stereocenters. The quantitative estimate of drug-likeness (QED) is 0.166. The van der Waals surface area contributed by atoms with Gasteiger partial charge in [-0.25, -0.2) is 4.98 Å². The number of anilines is 6. The normalized spacial score (nSPS) is 14.3. The number of hydrogen-bond acceptors (Lipinski definition) is 4. The molecule has 0 saturated heterocycles. The van der Waals surface area contributed by atoms with Crippen LogP contribution < -0.4 is 26.2 Å². The minimum absolute atomic E-state index is 0.0284. The Kier molecular flexibility index (Phi) is 9.42. The fourth-order valence-corrected chi connectivity index (χ4v) is 9.33. The molecule has 2 aliphatic heterocycles. The van der Waals surface area contributed by atoms with Crippen LogP contribution in [-0.4, -0.2) is 11.7 Å². The molecule has 3 heterocycles. The Bertz CT molecular complexity index is 2850. The molecule has 2 aliphatic rings. The Morgan fingerprint density at radius 3 is 1.29 bits per heavy atom. The van der Waals surface area contributed by atoms with E-state index in [0.717, 1.165) is 33.7 Å². The summed E-state index contributed by atoms with van der Waals surface area (Å²) < 4.78 is 6.79. The maximum Gasteiger partial charge on any atom is 0.252 e. The van der Waals surface area contributed by atoms with Crippen molar-refractivity contribution in [2.75, 3.05) is 9.80 Å². The third-order valence-electron chi connectivity index (χ3n) is 13.3. The summed E-state index contributed by atoms with van der Waals surface area (Å²) in [5, 5.41) is 0. The van der Waals surface area contributed by atoms with E-state index < -0.39 is 0 Å². The van der Waals surface area contributed by atoms with Gasteiger partial charge in [-0.2, -0.15) is 0 Å². The topological polar surface area (TPSA) is 32.5 Å². The Labute approximate surface area is 371 Å². The standard InChI is InChI=1S/C57H64BN3O/c1-53(2,3)36-18-16-35(17-19-36)52-59-45-34-47-44(33-50(45)62-52)58-43-30-39(56(10,11)12)24-29-46(43)60(41-25-20-37(21-26-41)54(4,5)6)48-31-40(57(13,14)15)32-49(51(48)58)61(47)42-27-22-38(23-28-42)55(7,8)9/h16-34H,1-15H3. The van der Waals surface area contributed by atoms with Crippen LogP contribution in [0.25, 0.3) is 22.6 Å². The van der Waals surface area contributed by atoms with Gasteiger partial charge in [0, 0.05) is 39.7 Å². The van der Waals surface area contributed by atoms with Crippen molar-refractivity contribution in [3.8, 4) is 11.5 Å². The zero-order valence-electron chi connectivity index (χ0n) is 39.8. The Morgan fingerprint density at radius 2 is 0.823 bits per heavy atom. The summed E-state index contributed by atoms with van der Waals surface area (Å²) in [6, 6.07) is 44.0. The van der Waals surface area contributed by atoms with Crippen LogP contribution in [0.1, 0.15) is 132 Å². The van der Waals surface area contributed by atoms with Gasteiger partial charge in [-0.1, -0.05) is 152 Å². The number of benzene rings is 6. The lowest BCUT2D eigenvalue weighted by atomic mass is 9.33. The van der Waals surface area contributed by atoms with Gasteiger partial charge in [0.25, 0.3) is 6.71 Å². The number of oxazole rings is 1. The summed E-state index contributed by atoms with van der Waals surface area (Å²) in [6.45, 7) is 34.4. The van der Waals surface area contributed by atoms with Gasteiger partial charge < -0.3 is 14.2 Å². The van der Waals surface area contributed by atoms with Gasteiger partial charge in [-0.3, -0.25) is 0 Å². The minimum atomic E-state index is -0.116. The fourth-order valence-electron chi connectivity index (χ4n) is 9.33. The predicted molar refractivity (Wildman–Crippen MR) is 267 cm³/mol. The zero-order chi connectivity index (χ0) is 44.5. The van der Waals surface area contributed by atoms with Gasteiger partial charge in [-0.05, 0) is 138 Å². The molecular formula is C57H64BN3O. The first-order chi connectivity index (χ1) is 28.9. The highest BCUT2D eigenvalue weighted by molar-refractivity contribution is 7.00. The Balaban J connectivity index is 1.36. The summed E-state index contributed by atoms with van der Waals surface area (Å²) in [5.41, 5.74) is 20.0. The van der Waals surface area contributed by atoms with Crippen LogP contribution in [0.3, 0.4) is 0 Å². The average Bonchev–Trinajstić information content (AvgIpc) is 3.61. The molecule has 0 aliphatic carbocycles. The van der Waals surface area contributed by atoms with Crippen molar-refractivity contribution in [3.05, 3.63) is 143 Å². The second kappa shape index (κ2) is 14.0. The summed E-state index contributed by atoms with van der Waals surface area (Å²) in [7, 11) is 0. The van der Waals surface area contributed by atoms with E-state index in [1.165, 1.54) is 61.3 Å². The van der Waals surface area contributed by atoms with Gasteiger partial charge in [0.1, 0.15) is 5.52 Å². The fraction of sp³-hybridized carbons (Fsp3) is 0.351. The lowest BCUT2D eigenvalue weighted by molar-refractivity contribution is 0.589. The van der Waals surface area contributed by atoms with E-state index in [1.54, 1.807) is 0 Å². The van der Waals surface area contributed by atoms with Crippen molar-refractivity contribution >= 4 is 68.3 Å². The molecule has 0 atom stereocenters. The number of nitrogens with zero attached hydrogens (tertiary/aromatic N) is 3. The van der Waals surface area contributed by atoms with Gasteiger partial charge in [0.2, 0.25) is 5.89 Å². The average molecular weight is 818 g/mol. The van der Waals surface area contributed by atoms with Crippen molar-refractivity contribution in [2.45, 2.75) is 131 Å². The van der Waals surface area contributed by atoms with Crippen LogP contribution in [0, 0.1) is 0 Å². The molecule has 6 aromatic carbocycles. The van der Waals surface area contributed by atoms with Crippen LogP contribution in [0.15, 0.2) is 120 Å². The van der Waals surface area contributed by atoms with E-state index in [1.807, 2.05) is 0 Å². The third-order valence-corrected chi connectivity index (χ3v) is 13.3. The first-order valence-electron chi connectivity index (χ1n) is 22.6. The molecule has 7 aromatic rings. The lowest BCUT2D eigenvalue weighted by Gasteiger charge is -2.45. The van der Waals surface area contributed by atoms with Crippen molar-refractivity contribution < 1.29 is 4.42 Å².